The second kappa shape index (κ2) is 9.93. The Kier molecular flexibility index (Phi) is 5.61. The van der Waals surface area contributed by atoms with Crippen molar-refractivity contribution in [1.82, 2.24) is 18.2 Å². The molecule has 0 aliphatic heterocycles. The largest absolute Gasteiger partial charge is 0.319 e. The molecule has 0 bridgehead atoms. The molecule has 0 fully saturated rings. The fourth-order valence-corrected chi connectivity index (χ4v) is 10.8. The Morgan fingerprint density at radius 1 is 0.511 bits per heavy atom. The van der Waals surface area contributed by atoms with E-state index < -0.39 is 7.44 Å². The highest BCUT2D eigenvalue weighted by molar-refractivity contribution is 7.69. The lowest BCUT2D eigenvalue weighted by molar-refractivity contribution is 0.572. The third kappa shape index (κ3) is 3.60. The zero-order chi connectivity index (χ0) is 31.1. The molecule has 0 N–H and O–H groups in total. The van der Waals surface area contributed by atoms with Crippen LogP contribution < -0.4 is 5.44 Å². The summed E-state index contributed by atoms with van der Waals surface area (Å²) in [6.45, 7) is 0. The minimum absolute atomic E-state index is 0.533. The SMILES string of the molecule is O=P(c1cccc(-n2c3c(c4ccccc42)C=CCC3)n1)(n1c2ccccc2c2ccccc21)n1c2ccccc2c2ccccc21. The van der Waals surface area contributed by atoms with Gasteiger partial charge in [0.2, 0.25) is 0 Å². The zero-order valence-corrected chi connectivity index (χ0v) is 26.4. The number of rotatable bonds is 4. The number of allylic oxidation sites excluding steroid dienone is 1. The monoisotopic (exact) mass is 624 g/mol. The molecule has 4 aromatic heterocycles. The number of hydrogen-bond donors (Lipinski definition) is 0. The fourth-order valence-electron chi connectivity index (χ4n) is 7.81. The van der Waals surface area contributed by atoms with Crippen LogP contribution in [0.25, 0.3) is 66.4 Å². The Labute approximate surface area is 271 Å². The average molecular weight is 625 g/mol. The molecule has 6 heteroatoms. The first-order valence-electron chi connectivity index (χ1n) is 16.1. The second-order valence-corrected chi connectivity index (χ2v) is 14.6. The third-order valence-electron chi connectivity index (χ3n) is 9.75. The Morgan fingerprint density at radius 3 is 1.51 bits per heavy atom. The van der Waals surface area contributed by atoms with Crippen molar-refractivity contribution >= 4 is 73.5 Å². The van der Waals surface area contributed by atoms with E-state index in [1.54, 1.807) is 0 Å². The molecule has 0 spiro atoms. The predicted molar refractivity (Wildman–Crippen MR) is 195 cm³/mol. The van der Waals surface area contributed by atoms with Crippen LogP contribution in [0.15, 0.2) is 146 Å². The third-order valence-corrected chi connectivity index (χ3v) is 12.5. The Hall–Kier alpha value is -5.64. The van der Waals surface area contributed by atoms with Crippen molar-refractivity contribution in [1.29, 1.82) is 0 Å². The number of para-hydroxylation sites is 5. The number of benzene rings is 5. The minimum Gasteiger partial charge on any atom is -0.298 e. The van der Waals surface area contributed by atoms with E-state index in [-0.39, 0.29) is 0 Å². The summed E-state index contributed by atoms with van der Waals surface area (Å²) in [6, 6.07) is 47.7. The molecule has 47 heavy (non-hydrogen) atoms. The van der Waals surface area contributed by atoms with Gasteiger partial charge in [0.25, 0.3) is 0 Å². The molecule has 4 heterocycles. The van der Waals surface area contributed by atoms with Gasteiger partial charge < -0.3 is 0 Å². The maximum absolute atomic E-state index is 16.9. The normalized spacial score (nSPS) is 13.4. The average Bonchev–Trinajstić information content (AvgIpc) is 3.78. The van der Waals surface area contributed by atoms with Crippen LogP contribution in [0.1, 0.15) is 17.7 Å². The molecule has 1 aliphatic rings. The molecule has 0 radical (unpaired) electrons. The van der Waals surface area contributed by atoms with E-state index in [0.717, 1.165) is 67.8 Å². The van der Waals surface area contributed by atoms with Crippen molar-refractivity contribution in [3.8, 4) is 5.82 Å². The number of hydrogen-bond acceptors (Lipinski definition) is 2. The van der Waals surface area contributed by atoms with Crippen molar-refractivity contribution in [2.45, 2.75) is 12.8 Å². The van der Waals surface area contributed by atoms with Crippen LogP contribution in [0.5, 0.6) is 0 Å². The minimum atomic E-state index is -3.79. The molecular formula is C41H29N4OP. The molecule has 0 saturated carbocycles. The molecule has 224 valence electrons. The van der Waals surface area contributed by atoms with E-state index >= 15 is 4.57 Å². The number of pyridine rings is 1. The lowest BCUT2D eigenvalue weighted by atomic mass is 10.0. The van der Waals surface area contributed by atoms with Gasteiger partial charge in [-0.25, -0.2) is 4.98 Å². The highest BCUT2D eigenvalue weighted by Crippen LogP contribution is 2.56. The van der Waals surface area contributed by atoms with Crippen LogP contribution in [-0.2, 0) is 11.0 Å². The van der Waals surface area contributed by atoms with Gasteiger partial charge in [-0.3, -0.25) is 17.8 Å². The van der Waals surface area contributed by atoms with Crippen molar-refractivity contribution in [3.05, 3.63) is 157 Å². The standard InChI is InChI=1S/C41H29N4OP/c46-47(44-36-22-9-3-16-30(36)31-17-4-10-23-37(31)44,45-38-24-11-5-18-32(38)33-19-6-12-25-39(33)45)41-27-13-26-40(42-41)43-34-20-7-1-14-28(34)29-15-2-8-21-35(29)43/h1-7,9-20,22-27H,8,21H2. The molecular weight excluding hydrogens is 595 g/mol. The molecule has 1 aliphatic carbocycles. The summed E-state index contributed by atoms with van der Waals surface area (Å²) >= 11 is 0. The molecule has 9 aromatic rings. The van der Waals surface area contributed by atoms with Crippen molar-refractivity contribution in [2.75, 3.05) is 0 Å². The summed E-state index contributed by atoms with van der Waals surface area (Å²) in [6.07, 6.45) is 6.39. The van der Waals surface area contributed by atoms with Crippen LogP contribution >= 0.6 is 7.44 Å². The van der Waals surface area contributed by atoms with E-state index in [2.05, 4.69) is 129 Å². The van der Waals surface area contributed by atoms with E-state index in [1.807, 2.05) is 36.4 Å². The summed E-state index contributed by atoms with van der Waals surface area (Å²) < 4.78 is 23.3. The molecule has 10 rings (SSSR count). The predicted octanol–water partition coefficient (Wildman–Crippen LogP) is 10.1. The molecule has 0 amide bonds. The summed E-state index contributed by atoms with van der Waals surface area (Å²) in [4.78, 5) is 5.42. The highest BCUT2D eigenvalue weighted by Gasteiger charge is 2.37. The number of nitrogens with zero attached hydrogens (tertiary/aromatic N) is 4. The van der Waals surface area contributed by atoms with Crippen LogP contribution in [-0.4, -0.2) is 18.2 Å². The van der Waals surface area contributed by atoms with Gasteiger partial charge in [-0.15, -0.1) is 0 Å². The van der Waals surface area contributed by atoms with Gasteiger partial charge in [-0.1, -0.05) is 109 Å². The number of fused-ring (bicyclic) bond motifs is 9. The maximum Gasteiger partial charge on any atom is 0.319 e. The maximum atomic E-state index is 16.9. The van der Waals surface area contributed by atoms with E-state index in [4.69, 9.17) is 4.98 Å². The van der Waals surface area contributed by atoms with E-state index in [9.17, 15) is 0 Å². The van der Waals surface area contributed by atoms with Gasteiger partial charge in [0, 0.05) is 38.2 Å². The Morgan fingerprint density at radius 2 is 0.979 bits per heavy atom. The zero-order valence-electron chi connectivity index (χ0n) is 25.5. The molecule has 0 unspecified atom stereocenters. The van der Waals surface area contributed by atoms with Gasteiger partial charge in [0.15, 0.2) is 0 Å². The van der Waals surface area contributed by atoms with Crippen LogP contribution in [0, 0.1) is 0 Å². The second-order valence-electron chi connectivity index (χ2n) is 12.2. The Balaban J connectivity index is 1.37. The lowest BCUT2D eigenvalue weighted by Gasteiger charge is -2.25. The topological polar surface area (TPSA) is 44.8 Å². The Bertz CT molecular complexity index is 2570. The van der Waals surface area contributed by atoms with Crippen molar-refractivity contribution in [3.63, 3.8) is 0 Å². The quantitative estimate of drug-likeness (QED) is 0.183. The van der Waals surface area contributed by atoms with Crippen LogP contribution in [0.3, 0.4) is 0 Å². The first kappa shape index (κ1) is 26.6. The first-order chi connectivity index (χ1) is 23.2. The molecule has 0 atom stereocenters. The van der Waals surface area contributed by atoms with Crippen molar-refractivity contribution < 1.29 is 4.57 Å². The van der Waals surface area contributed by atoms with Gasteiger partial charge in [-0.2, -0.15) is 0 Å². The van der Waals surface area contributed by atoms with Gasteiger partial charge in [-0.05, 0) is 55.3 Å². The van der Waals surface area contributed by atoms with Crippen molar-refractivity contribution in [2.24, 2.45) is 0 Å². The highest BCUT2D eigenvalue weighted by atomic mass is 31.2. The van der Waals surface area contributed by atoms with Crippen LogP contribution in [0.2, 0.25) is 0 Å². The molecule has 5 nitrogen and oxygen atoms in total. The molecule has 0 saturated heterocycles. The fraction of sp³-hybridized carbons (Fsp3) is 0.0488. The summed E-state index contributed by atoms with van der Waals surface area (Å²) in [7, 11) is -3.79. The lowest BCUT2D eigenvalue weighted by Crippen LogP contribution is -2.22. The van der Waals surface area contributed by atoms with E-state index in [0.29, 0.717) is 5.44 Å². The summed E-state index contributed by atoms with van der Waals surface area (Å²) in [5, 5.41) is 5.48. The first-order valence-corrected chi connectivity index (χ1v) is 17.7. The van der Waals surface area contributed by atoms with E-state index in [1.165, 1.54) is 16.6 Å². The van der Waals surface area contributed by atoms with Gasteiger partial charge in [0.05, 0.1) is 27.6 Å². The number of aromatic nitrogens is 4. The van der Waals surface area contributed by atoms with Crippen LogP contribution in [0.4, 0.5) is 0 Å². The van der Waals surface area contributed by atoms with Gasteiger partial charge in [0.1, 0.15) is 11.3 Å². The van der Waals surface area contributed by atoms with Gasteiger partial charge >= 0.3 is 7.44 Å². The summed E-state index contributed by atoms with van der Waals surface area (Å²) in [5.41, 5.74) is 7.79. The smallest absolute Gasteiger partial charge is 0.298 e. The summed E-state index contributed by atoms with van der Waals surface area (Å²) in [5.74, 6) is 0.775. The molecule has 5 aromatic carbocycles.